The molecule has 0 aromatic carbocycles. The number of ketones is 1. The largest absolute Gasteiger partial charge is 0.370 e. The van der Waals surface area contributed by atoms with Gasteiger partial charge in [-0.05, 0) is 6.42 Å². The van der Waals surface area contributed by atoms with Gasteiger partial charge in [0.2, 0.25) is 0 Å². The Bertz CT molecular complexity index is 238. The highest BCUT2D eigenvalue weighted by atomic mass is 16.1. The van der Waals surface area contributed by atoms with Crippen molar-refractivity contribution < 1.29 is 4.79 Å². The van der Waals surface area contributed by atoms with Crippen LogP contribution in [0.2, 0.25) is 5.82 Å². The van der Waals surface area contributed by atoms with Gasteiger partial charge in [0.05, 0.1) is 13.9 Å². The van der Waals surface area contributed by atoms with Crippen molar-refractivity contribution in [1.82, 2.24) is 0 Å². The summed E-state index contributed by atoms with van der Waals surface area (Å²) in [5.41, 5.74) is 16.0. The standard InChI is InChI=1S/C9H19BN4O/c1-5(2)8(15)7(11)3-6(10)4-14-9(12)13/h5-7H,3-4,11H2,1-2H3,(H4,12,13,14). The molecule has 2 atom stereocenters. The van der Waals surface area contributed by atoms with E-state index in [9.17, 15) is 4.79 Å². The van der Waals surface area contributed by atoms with E-state index in [0.29, 0.717) is 13.0 Å². The van der Waals surface area contributed by atoms with Gasteiger partial charge in [-0.1, -0.05) is 19.7 Å². The first-order valence-electron chi connectivity index (χ1n) is 4.94. The van der Waals surface area contributed by atoms with Gasteiger partial charge in [-0.2, -0.15) is 0 Å². The lowest BCUT2D eigenvalue weighted by atomic mass is 9.80. The Morgan fingerprint density at radius 3 is 2.33 bits per heavy atom. The monoisotopic (exact) mass is 210 g/mol. The predicted molar refractivity (Wildman–Crippen MR) is 62.6 cm³/mol. The number of aliphatic imine (C=N–C) groups is 1. The van der Waals surface area contributed by atoms with Gasteiger partial charge in [0, 0.05) is 12.5 Å². The maximum atomic E-state index is 11.5. The van der Waals surface area contributed by atoms with Crippen LogP contribution in [-0.4, -0.2) is 32.2 Å². The highest BCUT2D eigenvalue weighted by Gasteiger charge is 2.18. The van der Waals surface area contributed by atoms with Gasteiger partial charge in [0.1, 0.15) is 0 Å². The second-order valence-electron chi connectivity index (χ2n) is 3.92. The second kappa shape index (κ2) is 6.45. The number of rotatable bonds is 6. The van der Waals surface area contributed by atoms with Crippen LogP contribution >= 0.6 is 0 Å². The molecule has 0 heterocycles. The Hall–Kier alpha value is -1.04. The Morgan fingerprint density at radius 2 is 1.93 bits per heavy atom. The van der Waals surface area contributed by atoms with Crippen LogP contribution < -0.4 is 17.2 Å². The van der Waals surface area contributed by atoms with Crippen LogP contribution in [0.3, 0.4) is 0 Å². The van der Waals surface area contributed by atoms with Crippen molar-refractivity contribution >= 4 is 19.6 Å². The normalized spacial score (nSPS) is 14.7. The fourth-order valence-corrected chi connectivity index (χ4v) is 1.17. The summed E-state index contributed by atoms with van der Waals surface area (Å²) in [6.07, 6.45) is 0.397. The number of guanidine groups is 1. The van der Waals surface area contributed by atoms with E-state index in [1.165, 1.54) is 0 Å². The molecule has 0 aliphatic rings. The average Bonchev–Trinajstić information content (AvgIpc) is 2.13. The van der Waals surface area contributed by atoms with E-state index in [-0.39, 0.29) is 23.5 Å². The van der Waals surface area contributed by atoms with Crippen LogP contribution in [0.4, 0.5) is 0 Å². The molecule has 0 aliphatic carbocycles. The third kappa shape index (κ3) is 6.12. The molecule has 0 saturated carbocycles. The summed E-state index contributed by atoms with van der Waals surface area (Å²) >= 11 is 0. The van der Waals surface area contributed by atoms with E-state index in [1.807, 2.05) is 13.8 Å². The summed E-state index contributed by atoms with van der Waals surface area (Å²) < 4.78 is 0. The van der Waals surface area contributed by atoms with E-state index >= 15 is 0 Å². The molecule has 6 heteroatoms. The zero-order valence-corrected chi connectivity index (χ0v) is 9.31. The van der Waals surface area contributed by atoms with Gasteiger partial charge >= 0.3 is 0 Å². The summed E-state index contributed by atoms with van der Waals surface area (Å²) in [5, 5.41) is 0. The van der Waals surface area contributed by atoms with Gasteiger partial charge in [-0.3, -0.25) is 9.79 Å². The van der Waals surface area contributed by atoms with Gasteiger partial charge in [0.25, 0.3) is 0 Å². The summed E-state index contributed by atoms with van der Waals surface area (Å²) in [6, 6.07) is -0.533. The smallest absolute Gasteiger partial charge is 0.185 e. The average molecular weight is 210 g/mol. The first-order chi connectivity index (χ1) is 6.84. The highest BCUT2D eigenvalue weighted by molar-refractivity contribution is 6.12. The number of hydrogen-bond donors (Lipinski definition) is 3. The molecule has 0 aliphatic heterocycles. The van der Waals surface area contributed by atoms with Gasteiger partial charge in [0.15, 0.2) is 11.7 Å². The van der Waals surface area contributed by atoms with Crippen LogP contribution in [0, 0.1) is 5.92 Å². The second-order valence-corrected chi connectivity index (χ2v) is 3.92. The first kappa shape index (κ1) is 14.0. The number of hydrogen-bond acceptors (Lipinski definition) is 3. The molecule has 0 aromatic rings. The number of nitrogens with zero attached hydrogens (tertiary/aromatic N) is 1. The molecule has 0 saturated heterocycles. The molecule has 0 amide bonds. The van der Waals surface area contributed by atoms with Crippen molar-refractivity contribution in [2.75, 3.05) is 6.54 Å². The number of carbonyl (C=O) groups is 1. The molecule has 5 nitrogen and oxygen atoms in total. The summed E-state index contributed by atoms with van der Waals surface area (Å²) in [5.74, 6) is -0.357. The molecule has 84 valence electrons. The Balaban J connectivity index is 4.01. The van der Waals surface area contributed by atoms with Gasteiger partial charge in [-0.25, -0.2) is 0 Å². The van der Waals surface area contributed by atoms with Crippen LogP contribution in [-0.2, 0) is 4.79 Å². The molecule has 2 radical (unpaired) electrons. The summed E-state index contributed by atoms with van der Waals surface area (Å²) in [6.45, 7) is 3.91. The zero-order valence-electron chi connectivity index (χ0n) is 9.31. The van der Waals surface area contributed by atoms with Crippen molar-refractivity contribution in [3.05, 3.63) is 0 Å². The number of nitrogens with two attached hydrogens (primary N) is 3. The molecular weight excluding hydrogens is 191 g/mol. The van der Waals surface area contributed by atoms with E-state index in [1.54, 1.807) is 0 Å². The molecular formula is C9H19BN4O. The summed E-state index contributed by atoms with van der Waals surface area (Å²) in [7, 11) is 5.71. The van der Waals surface area contributed by atoms with Crippen LogP contribution in [0.5, 0.6) is 0 Å². The number of carbonyl (C=O) groups excluding carboxylic acids is 1. The molecule has 0 rings (SSSR count). The molecule has 0 aromatic heterocycles. The third-order valence-electron chi connectivity index (χ3n) is 2.00. The highest BCUT2D eigenvalue weighted by Crippen LogP contribution is 2.11. The molecule has 2 unspecified atom stereocenters. The van der Waals surface area contributed by atoms with Crippen molar-refractivity contribution in [2.24, 2.45) is 28.1 Å². The molecule has 0 spiro atoms. The minimum atomic E-state index is -0.533. The van der Waals surface area contributed by atoms with E-state index in [4.69, 9.17) is 25.0 Å². The molecule has 15 heavy (non-hydrogen) atoms. The predicted octanol–water partition coefficient (Wildman–Crippen LogP) is -0.841. The van der Waals surface area contributed by atoms with Gasteiger partial charge in [-0.15, -0.1) is 0 Å². The quantitative estimate of drug-likeness (QED) is 0.301. The fourth-order valence-electron chi connectivity index (χ4n) is 1.17. The lowest BCUT2D eigenvalue weighted by Crippen LogP contribution is -2.35. The lowest BCUT2D eigenvalue weighted by molar-refractivity contribution is -0.123. The summed E-state index contributed by atoms with van der Waals surface area (Å²) in [4.78, 5) is 15.2. The van der Waals surface area contributed by atoms with Crippen LogP contribution in [0.1, 0.15) is 20.3 Å². The number of Topliss-reactive ketones (excluding diaryl/α,β-unsaturated/α-hetero) is 1. The van der Waals surface area contributed by atoms with E-state index in [2.05, 4.69) is 4.99 Å². The maximum absolute atomic E-state index is 11.5. The van der Waals surface area contributed by atoms with Crippen molar-refractivity contribution in [3.63, 3.8) is 0 Å². The Labute approximate surface area is 91.9 Å². The third-order valence-corrected chi connectivity index (χ3v) is 2.00. The lowest BCUT2D eigenvalue weighted by Gasteiger charge is -2.16. The van der Waals surface area contributed by atoms with Gasteiger partial charge < -0.3 is 17.2 Å². The Morgan fingerprint density at radius 1 is 1.40 bits per heavy atom. The first-order valence-corrected chi connectivity index (χ1v) is 4.94. The molecule has 0 fully saturated rings. The minimum absolute atomic E-state index is 0.00536. The van der Waals surface area contributed by atoms with Crippen LogP contribution in [0.25, 0.3) is 0 Å². The molecule has 0 bridgehead atoms. The maximum Gasteiger partial charge on any atom is 0.185 e. The van der Waals surface area contributed by atoms with Crippen molar-refractivity contribution in [3.8, 4) is 0 Å². The van der Waals surface area contributed by atoms with E-state index in [0.717, 1.165) is 0 Å². The van der Waals surface area contributed by atoms with Crippen molar-refractivity contribution in [1.29, 1.82) is 0 Å². The van der Waals surface area contributed by atoms with Crippen LogP contribution in [0.15, 0.2) is 4.99 Å². The molecule has 6 N–H and O–H groups in total. The Kier molecular flexibility index (Phi) is 6.00. The van der Waals surface area contributed by atoms with E-state index < -0.39 is 6.04 Å². The topological polar surface area (TPSA) is 107 Å². The fraction of sp³-hybridized carbons (Fsp3) is 0.778. The zero-order chi connectivity index (χ0) is 12.0. The van der Waals surface area contributed by atoms with Crippen molar-refractivity contribution in [2.45, 2.75) is 32.1 Å². The minimum Gasteiger partial charge on any atom is -0.370 e. The SMILES string of the molecule is [B]C(CN=C(N)N)CC(N)C(=O)C(C)C.